The second kappa shape index (κ2) is 16.9. The van der Waals surface area contributed by atoms with E-state index in [0.717, 1.165) is 9.36 Å². The van der Waals surface area contributed by atoms with Crippen molar-refractivity contribution >= 4 is 54.6 Å². The predicted molar refractivity (Wildman–Crippen MR) is 146 cm³/mol. The molecule has 0 amide bonds. The third kappa shape index (κ3) is 12.5. The standard InChI is InChI=1S/C11H9ClF3N3.C11H10F3N3O.Cl2OS.ClH/c12-6-8-2-1-4-16-10(8)9-3-5-17-18(9)7-11(13,14)15;12-11(13,14)7-17-9(3-5-16-17)10-8(6-18)2-1-4-15-10;1-4(2)3;/h1-5H,6-7H2;1-5,18H,6-7H2;;1H. The van der Waals surface area contributed by atoms with E-state index in [4.69, 9.17) is 20.9 Å². The van der Waals surface area contributed by atoms with E-state index in [1.807, 2.05) is 0 Å². The van der Waals surface area contributed by atoms with Gasteiger partial charge in [-0.05, 0) is 29.8 Å². The first-order valence-corrected chi connectivity index (χ1v) is 14.1. The van der Waals surface area contributed by atoms with E-state index in [-0.39, 0.29) is 30.6 Å². The molecule has 0 aromatic carbocycles. The SMILES string of the molecule is Cl.FC(F)(F)Cn1nccc1-c1ncccc1CCl.O=S(Cl)Cl.OCc1cccnc1-c1ccnn1CC(F)(F)F. The van der Waals surface area contributed by atoms with Crippen LogP contribution in [0.1, 0.15) is 11.1 Å². The van der Waals surface area contributed by atoms with E-state index in [2.05, 4.69) is 41.5 Å². The van der Waals surface area contributed by atoms with Crippen molar-refractivity contribution in [3.8, 4) is 22.8 Å². The van der Waals surface area contributed by atoms with Gasteiger partial charge < -0.3 is 5.11 Å². The summed E-state index contributed by atoms with van der Waals surface area (Å²) in [6, 6.07) is 9.55. The van der Waals surface area contributed by atoms with Crippen molar-refractivity contribution in [3.63, 3.8) is 0 Å². The first-order valence-electron chi connectivity index (χ1n) is 10.7. The fourth-order valence-electron chi connectivity index (χ4n) is 3.23. The lowest BCUT2D eigenvalue weighted by molar-refractivity contribution is -0.143. The molecule has 0 aliphatic carbocycles. The molecule has 4 heterocycles. The number of aromatic nitrogens is 6. The molecule has 0 aliphatic heterocycles. The van der Waals surface area contributed by atoms with Crippen molar-refractivity contribution in [3.05, 3.63) is 72.3 Å². The van der Waals surface area contributed by atoms with Crippen molar-refractivity contribution in [1.82, 2.24) is 29.5 Å². The van der Waals surface area contributed by atoms with Crippen LogP contribution in [0.4, 0.5) is 26.3 Å². The summed E-state index contributed by atoms with van der Waals surface area (Å²) in [5.41, 5.74) is 2.40. The van der Waals surface area contributed by atoms with Crippen LogP contribution in [-0.4, -0.2) is 51.2 Å². The molecule has 1 N–H and O–H groups in total. The number of rotatable bonds is 6. The molecule has 0 radical (unpaired) electrons. The molecule has 0 bridgehead atoms. The first kappa shape index (κ1) is 36.6. The molecule has 0 spiro atoms. The van der Waals surface area contributed by atoms with Gasteiger partial charge in [-0.25, -0.2) is 4.21 Å². The molecule has 0 fully saturated rings. The minimum absolute atomic E-state index is 0. The van der Waals surface area contributed by atoms with Gasteiger partial charge in [-0.2, -0.15) is 36.5 Å². The fraction of sp³-hybridized carbons (Fsp3) is 0.273. The summed E-state index contributed by atoms with van der Waals surface area (Å²) in [5, 5.41) is 16.4. The summed E-state index contributed by atoms with van der Waals surface area (Å²) < 4.78 is 85.0. The van der Waals surface area contributed by atoms with Gasteiger partial charge in [0.1, 0.15) is 13.1 Å². The van der Waals surface area contributed by atoms with Crippen LogP contribution in [0.3, 0.4) is 0 Å². The average Bonchev–Trinajstić information content (AvgIpc) is 3.51. The second-order valence-corrected chi connectivity index (χ2v) is 10.3. The van der Waals surface area contributed by atoms with E-state index in [0.29, 0.717) is 28.2 Å². The van der Waals surface area contributed by atoms with Gasteiger partial charge >= 0.3 is 12.4 Å². The Balaban J connectivity index is 0.000000355. The summed E-state index contributed by atoms with van der Waals surface area (Å²) in [6.07, 6.45) is -3.12. The minimum Gasteiger partial charge on any atom is -0.392 e. The number of aliphatic hydroxyl groups is 1. The Hall–Kier alpha value is -2.43. The van der Waals surface area contributed by atoms with E-state index in [1.165, 1.54) is 36.9 Å². The average molecular weight is 688 g/mol. The Morgan fingerprint density at radius 2 is 1.15 bits per heavy atom. The Morgan fingerprint density at radius 1 is 0.756 bits per heavy atom. The number of alkyl halides is 7. The Bertz CT molecular complexity index is 1290. The molecular weight excluding hydrogens is 668 g/mol. The van der Waals surface area contributed by atoms with Crippen molar-refractivity contribution in [1.29, 1.82) is 0 Å². The smallest absolute Gasteiger partial charge is 0.392 e. The van der Waals surface area contributed by atoms with E-state index in [1.54, 1.807) is 24.3 Å². The molecule has 41 heavy (non-hydrogen) atoms. The summed E-state index contributed by atoms with van der Waals surface area (Å²) in [7, 11) is 7.36. The van der Waals surface area contributed by atoms with Crippen molar-refractivity contribution < 1.29 is 35.7 Å². The van der Waals surface area contributed by atoms with Crippen LogP contribution < -0.4 is 0 Å². The summed E-state index contributed by atoms with van der Waals surface area (Å²) >= 11 is 5.74. The zero-order chi connectivity index (χ0) is 29.9. The molecule has 0 atom stereocenters. The maximum absolute atomic E-state index is 12.4. The zero-order valence-electron chi connectivity index (χ0n) is 20.4. The highest BCUT2D eigenvalue weighted by atomic mass is 36.0. The molecule has 0 saturated heterocycles. The number of aliphatic hydroxyl groups excluding tert-OH is 1. The molecule has 0 aliphatic rings. The third-order valence-corrected chi connectivity index (χ3v) is 4.96. The summed E-state index contributed by atoms with van der Waals surface area (Å²) in [6.45, 7) is -2.62. The van der Waals surface area contributed by atoms with Crippen molar-refractivity contribution in [2.45, 2.75) is 37.9 Å². The van der Waals surface area contributed by atoms with Crippen LogP contribution in [-0.2, 0) is 34.8 Å². The second-order valence-electron chi connectivity index (χ2n) is 7.48. The van der Waals surface area contributed by atoms with E-state index >= 15 is 0 Å². The summed E-state index contributed by atoms with van der Waals surface area (Å²) in [4.78, 5) is 8.06. The Kier molecular flexibility index (Phi) is 15.1. The molecule has 0 saturated carbocycles. The molecule has 8 nitrogen and oxygen atoms in total. The number of halogens is 10. The largest absolute Gasteiger partial charge is 0.408 e. The van der Waals surface area contributed by atoms with Crippen molar-refractivity contribution in [2.24, 2.45) is 0 Å². The number of pyridine rings is 2. The minimum atomic E-state index is -4.35. The molecule has 4 rings (SSSR count). The molecule has 19 heteroatoms. The van der Waals surface area contributed by atoms with E-state index < -0.39 is 34.7 Å². The molecule has 4 aromatic rings. The van der Waals surface area contributed by atoms with Gasteiger partial charge in [0, 0.05) is 57.6 Å². The van der Waals surface area contributed by atoms with Gasteiger partial charge in [0.2, 0.25) is 9.23 Å². The maximum Gasteiger partial charge on any atom is 0.408 e. The maximum atomic E-state index is 12.4. The first-order chi connectivity index (χ1) is 18.8. The molecule has 226 valence electrons. The zero-order valence-corrected chi connectivity index (χ0v) is 24.3. The van der Waals surface area contributed by atoms with Crippen LogP contribution in [0.15, 0.2) is 61.2 Å². The molecule has 4 aromatic heterocycles. The number of nitrogens with zero attached hydrogens (tertiary/aromatic N) is 6. The predicted octanol–water partition coefficient (Wildman–Crippen LogP) is 6.71. The summed E-state index contributed by atoms with van der Waals surface area (Å²) in [5.74, 6) is 0.181. The van der Waals surface area contributed by atoms with Gasteiger partial charge in [-0.15, -0.1) is 24.0 Å². The highest BCUT2D eigenvalue weighted by Gasteiger charge is 2.30. The lowest BCUT2D eigenvalue weighted by atomic mass is 10.1. The highest BCUT2D eigenvalue weighted by molar-refractivity contribution is 8.26. The molecular formula is C22H20Cl4F6N6O2S. The lowest BCUT2D eigenvalue weighted by Crippen LogP contribution is -2.19. The Morgan fingerprint density at radius 3 is 1.51 bits per heavy atom. The number of hydrogen-bond acceptors (Lipinski definition) is 6. The lowest BCUT2D eigenvalue weighted by Gasteiger charge is -2.11. The third-order valence-electron chi connectivity index (χ3n) is 4.67. The highest BCUT2D eigenvalue weighted by Crippen LogP contribution is 2.26. The van der Waals surface area contributed by atoms with Crippen LogP contribution in [0.25, 0.3) is 22.8 Å². The fourth-order valence-corrected chi connectivity index (χ4v) is 3.45. The topological polar surface area (TPSA) is 98.7 Å². The van der Waals surface area contributed by atoms with Crippen LogP contribution >= 0.6 is 45.4 Å². The van der Waals surface area contributed by atoms with Crippen LogP contribution in [0.2, 0.25) is 0 Å². The van der Waals surface area contributed by atoms with Gasteiger partial charge in [0.25, 0.3) is 0 Å². The van der Waals surface area contributed by atoms with Crippen molar-refractivity contribution in [2.75, 3.05) is 0 Å². The van der Waals surface area contributed by atoms with Gasteiger partial charge in [-0.3, -0.25) is 19.3 Å². The van der Waals surface area contributed by atoms with Gasteiger partial charge in [-0.1, -0.05) is 12.1 Å². The molecule has 0 unspecified atom stereocenters. The Labute approximate surface area is 252 Å². The quantitative estimate of drug-likeness (QED) is 0.138. The van der Waals surface area contributed by atoms with Crippen LogP contribution in [0, 0.1) is 0 Å². The normalized spacial score (nSPS) is 11.2. The van der Waals surface area contributed by atoms with Crippen LogP contribution in [0.5, 0.6) is 0 Å². The van der Waals surface area contributed by atoms with Gasteiger partial charge in [0.05, 0.1) is 29.4 Å². The monoisotopic (exact) mass is 686 g/mol. The van der Waals surface area contributed by atoms with E-state index in [9.17, 15) is 26.3 Å². The van der Waals surface area contributed by atoms with Gasteiger partial charge in [0.15, 0.2) is 0 Å². The number of hydrogen-bond donors (Lipinski definition) is 1.